The Bertz CT molecular complexity index is 297. The summed E-state index contributed by atoms with van der Waals surface area (Å²) in [6, 6.07) is 0. The van der Waals surface area contributed by atoms with Crippen LogP contribution in [0.1, 0.15) is 53.9 Å². The zero-order valence-corrected chi connectivity index (χ0v) is 13.2. The van der Waals surface area contributed by atoms with E-state index in [0.29, 0.717) is 13.0 Å². The average molecular weight is 273 g/mol. The summed E-state index contributed by atoms with van der Waals surface area (Å²) >= 11 is 4.57. The van der Waals surface area contributed by atoms with Crippen molar-refractivity contribution in [1.29, 1.82) is 0 Å². The van der Waals surface area contributed by atoms with Crippen LogP contribution in [0.15, 0.2) is 0 Å². The molecule has 1 unspecified atom stereocenters. The van der Waals surface area contributed by atoms with Crippen LogP contribution in [0.5, 0.6) is 0 Å². The minimum Gasteiger partial charge on any atom is -0.358 e. The lowest BCUT2D eigenvalue weighted by Crippen LogP contribution is -2.38. The average Bonchev–Trinajstić information content (AvgIpc) is 2.57. The number of rotatable bonds is 6. The van der Waals surface area contributed by atoms with Gasteiger partial charge in [-0.05, 0) is 25.2 Å². The largest absolute Gasteiger partial charge is 0.358 e. The Morgan fingerprint density at radius 2 is 2.00 bits per heavy atom. The van der Waals surface area contributed by atoms with Crippen molar-refractivity contribution in [3.63, 3.8) is 0 Å². The fraction of sp³-hybridized carbons (Fsp3) is 0.929. The van der Waals surface area contributed by atoms with Gasteiger partial charge in [-0.25, -0.2) is 0 Å². The molecule has 1 aliphatic rings. The molecule has 0 bridgehead atoms. The van der Waals surface area contributed by atoms with Gasteiger partial charge in [0.2, 0.25) is 5.91 Å². The summed E-state index contributed by atoms with van der Waals surface area (Å²) in [4.78, 5) is 13.4. The Kier molecular flexibility index (Phi) is 5.13. The third-order valence-corrected chi connectivity index (χ3v) is 3.33. The molecule has 106 valence electrons. The fourth-order valence-electron chi connectivity index (χ4n) is 2.71. The second-order valence-corrected chi connectivity index (χ2v) is 7.97. The van der Waals surface area contributed by atoms with E-state index < -0.39 is 0 Å². The number of ether oxygens (including phenoxy) is 1. The van der Waals surface area contributed by atoms with Crippen molar-refractivity contribution in [2.75, 3.05) is 13.2 Å². The zero-order valence-electron chi connectivity index (χ0n) is 12.3. The molecule has 0 aromatic rings. The SMILES string of the molecule is CC(OCC(C)(C)CC(C)(C)S)N1CCCC1=O. The molecule has 0 aromatic heterocycles. The van der Waals surface area contributed by atoms with Crippen LogP contribution < -0.4 is 0 Å². The van der Waals surface area contributed by atoms with Crippen molar-refractivity contribution in [3.8, 4) is 0 Å². The third kappa shape index (κ3) is 5.19. The minimum atomic E-state index is -0.109. The quantitative estimate of drug-likeness (QED) is 0.754. The molecule has 4 heteroatoms. The van der Waals surface area contributed by atoms with Gasteiger partial charge in [0.15, 0.2) is 0 Å². The Morgan fingerprint density at radius 3 is 2.44 bits per heavy atom. The van der Waals surface area contributed by atoms with Gasteiger partial charge >= 0.3 is 0 Å². The molecule has 1 heterocycles. The molecule has 1 atom stereocenters. The number of carbonyl (C=O) groups excluding carboxylic acids is 1. The van der Waals surface area contributed by atoms with Crippen molar-refractivity contribution in [1.82, 2.24) is 4.90 Å². The monoisotopic (exact) mass is 273 g/mol. The molecule has 18 heavy (non-hydrogen) atoms. The summed E-state index contributed by atoms with van der Waals surface area (Å²) in [6.07, 6.45) is 2.49. The summed E-state index contributed by atoms with van der Waals surface area (Å²) in [5.41, 5.74) is 0.0717. The second-order valence-electron chi connectivity index (χ2n) is 6.75. The van der Waals surface area contributed by atoms with Gasteiger partial charge in [-0.3, -0.25) is 4.79 Å². The molecule has 1 rings (SSSR count). The Labute approximate surface area is 117 Å². The van der Waals surface area contributed by atoms with Crippen molar-refractivity contribution in [3.05, 3.63) is 0 Å². The van der Waals surface area contributed by atoms with Crippen molar-refractivity contribution >= 4 is 18.5 Å². The molecule has 0 N–H and O–H groups in total. The number of likely N-dealkylation sites (tertiary alicyclic amines) is 1. The van der Waals surface area contributed by atoms with Crippen LogP contribution in [0.25, 0.3) is 0 Å². The normalized spacial score (nSPS) is 19.4. The molecule has 1 saturated heterocycles. The predicted octanol–water partition coefficient (Wildman–Crippen LogP) is 3.10. The van der Waals surface area contributed by atoms with Gasteiger partial charge in [0, 0.05) is 17.7 Å². The number of hydrogen-bond acceptors (Lipinski definition) is 3. The van der Waals surface area contributed by atoms with E-state index in [1.54, 1.807) is 0 Å². The maximum absolute atomic E-state index is 11.6. The summed E-state index contributed by atoms with van der Waals surface area (Å²) in [5, 5.41) is 0. The van der Waals surface area contributed by atoms with Gasteiger partial charge in [0.1, 0.15) is 6.23 Å². The number of nitrogens with zero attached hydrogens (tertiary/aromatic N) is 1. The van der Waals surface area contributed by atoms with Crippen LogP contribution in [0.2, 0.25) is 0 Å². The molecule has 1 aliphatic heterocycles. The molecule has 0 spiro atoms. The molecule has 1 amide bonds. The molecule has 0 aromatic carbocycles. The molecule has 3 nitrogen and oxygen atoms in total. The van der Waals surface area contributed by atoms with Gasteiger partial charge in [-0.2, -0.15) is 12.6 Å². The second kappa shape index (κ2) is 5.83. The first-order chi connectivity index (χ1) is 8.11. The highest BCUT2D eigenvalue weighted by Gasteiger charge is 2.30. The molecule has 0 aliphatic carbocycles. The van der Waals surface area contributed by atoms with Crippen LogP contribution in [0, 0.1) is 5.41 Å². The topological polar surface area (TPSA) is 29.5 Å². The van der Waals surface area contributed by atoms with E-state index >= 15 is 0 Å². The lowest BCUT2D eigenvalue weighted by molar-refractivity contribution is -0.142. The van der Waals surface area contributed by atoms with E-state index in [4.69, 9.17) is 4.74 Å². The highest BCUT2D eigenvalue weighted by Crippen LogP contribution is 2.32. The summed E-state index contributed by atoms with van der Waals surface area (Å²) in [5.74, 6) is 0.217. The minimum absolute atomic E-state index is 0.000435. The van der Waals surface area contributed by atoms with Gasteiger partial charge in [-0.15, -0.1) is 0 Å². The van der Waals surface area contributed by atoms with Crippen molar-refractivity contribution in [2.24, 2.45) is 5.41 Å². The first kappa shape index (κ1) is 15.8. The smallest absolute Gasteiger partial charge is 0.224 e. The predicted molar refractivity (Wildman–Crippen MR) is 77.8 cm³/mol. The van der Waals surface area contributed by atoms with E-state index in [1.165, 1.54) is 0 Å². The summed E-state index contributed by atoms with van der Waals surface area (Å²) < 4.78 is 5.88. The standard InChI is InChI=1S/C14H27NO2S/c1-11(15-8-6-7-12(15)16)17-10-13(2,3)9-14(4,5)18/h11,18H,6-10H2,1-5H3. The van der Waals surface area contributed by atoms with E-state index in [1.807, 2.05) is 11.8 Å². The maximum Gasteiger partial charge on any atom is 0.224 e. The summed E-state index contributed by atoms with van der Waals surface area (Å²) in [6.45, 7) is 12.1. The number of amides is 1. The van der Waals surface area contributed by atoms with E-state index in [-0.39, 0.29) is 22.3 Å². The highest BCUT2D eigenvalue weighted by atomic mass is 32.1. The van der Waals surface area contributed by atoms with Gasteiger partial charge < -0.3 is 9.64 Å². The molecule has 0 radical (unpaired) electrons. The van der Waals surface area contributed by atoms with Crippen LogP contribution >= 0.6 is 12.6 Å². The van der Waals surface area contributed by atoms with Crippen LogP contribution in [-0.4, -0.2) is 34.9 Å². The molecule has 0 saturated carbocycles. The van der Waals surface area contributed by atoms with Gasteiger partial charge in [0.25, 0.3) is 0 Å². The Balaban J connectivity index is 2.41. The fourth-order valence-corrected chi connectivity index (χ4v) is 3.14. The van der Waals surface area contributed by atoms with E-state index in [0.717, 1.165) is 19.4 Å². The highest BCUT2D eigenvalue weighted by molar-refractivity contribution is 7.81. The Morgan fingerprint density at radius 1 is 1.39 bits per heavy atom. The van der Waals surface area contributed by atoms with Crippen LogP contribution in [0.4, 0.5) is 0 Å². The summed E-state index contributed by atoms with van der Waals surface area (Å²) in [7, 11) is 0. The molecular weight excluding hydrogens is 246 g/mol. The number of thiol groups is 1. The molecule has 1 fully saturated rings. The first-order valence-corrected chi connectivity index (χ1v) is 7.19. The number of hydrogen-bond donors (Lipinski definition) is 1. The lowest BCUT2D eigenvalue weighted by Gasteiger charge is -2.34. The maximum atomic E-state index is 11.6. The zero-order chi connectivity index (χ0) is 14.0. The molecular formula is C14H27NO2S. The third-order valence-electron chi connectivity index (χ3n) is 3.18. The van der Waals surface area contributed by atoms with E-state index in [9.17, 15) is 4.79 Å². The van der Waals surface area contributed by atoms with Crippen LogP contribution in [-0.2, 0) is 9.53 Å². The first-order valence-electron chi connectivity index (χ1n) is 6.74. The van der Waals surface area contributed by atoms with Gasteiger partial charge in [0.05, 0.1) is 6.61 Å². The van der Waals surface area contributed by atoms with Gasteiger partial charge in [-0.1, -0.05) is 27.7 Å². The van der Waals surface area contributed by atoms with Crippen molar-refractivity contribution < 1.29 is 9.53 Å². The van der Waals surface area contributed by atoms with Crippen molar-refractivity contribution in [2.45, 2.75) is 64.9 Å². The van der Waals surface area contributed by atoms with E-state index in [2.05, 4.69) is 40.3 Å². The lowest BCUT2D eigenvalue weighted by atomic mass is 9.84. The number of carbonyl (C=O) groups is 1. The Hall–Kier alpha value is -0.220. The van der Waals surface area contributed by atoms with Crippen LogP contribution in [0.3, 0.4) is 0 Å².